The molecule has 1 aromatic carbocycles. The van der Waals surface area contributed by atoms with E-state index in [9.17, 15) is 4.79 Å². The van der Waals surface area contributed by atoms with Crippen molar-refractivity contribution in [1.82, 2.24) is 4.98 Å². The summed E-state index contributed by atoms with van der Waals surface area (Å²) in [6.45, 7) is 2.49. The lowest BCUT2D eigenvalue weighted by Gasteiger charge is -2.53. The summed E-state index contributed by atoms with van der Waals surface area (Å²) in [6, 6.07) is 9.03. The monoisotopic (exact) mass is 409 g/mol. The quantitative estimate of drug-likeness (QED) is 0.596. The average Bonchev–Trinajstić information content (AvgIpc) is 3.28. The number of allylic oxidation sites excluding steroid dienone is 2. The maximum absolute atomic E-state index is 12.3. The van der Waals surface area contributed by atoms with Crippen molar-refractivity contribution in [3.05, 3.63) is 77.7 Å². The summed E-state index contributed by atoms with van der Waals surface area (Å²) in [7, 11) is 0. The van der Waals surface area contributed by atoms with E-state index >= 15 is 0 Å². The third-order valence-electron chi connectivity index (χ3n) is 9.24. The minimum absolute atomic E-state index is 0.171. The molecule has 3 heterocycles. The Bertz CT molecular complexity index is 1240. The van der Waals surface area contributed by atoms with Gasteiger partial charge >= 0.3 is 0 Å². The molecular formula is C28H27NO2. The van der Waals surface area contributed by atoms with Gasteiger partial charge in [-0.2, -0.15) is 0 Å². The van der Waals surface area contributed by atoms with Crippen LogP contribution in [0.1, 0.15) is 56.9 Å². The van der Waals surface area contributed by atoms with Crippen molar-refractivity contribution in [2.45, 2.75) is 62.6 Å². The second-order valence-corrected chi connectivity index (χ2v) is 10.6. The molecule has 5 aliphatic rings. The van der Waals surface area contributed by atoms with Crippen molar-refractivity contribution in [3.8, 4) is 0 Å². The molecule has 3 nitrogen and oxygen atoms in total. The lowest BCUT2D eigenvalue weighted by atomic mass is 9.58. The fourth-order valence-corrected chi connectivity index (χ4v) is 7.78. The van der Waals surface area contributed by atoms with Crippen LogP contribution in [0.15, 0.2) is 72.1 Å². The summed E-state index contributed by atoms with van der Waals surface area (Å²) in [5.74, 6) is 1.22. The number of fused-ring (bicyclic) bond motifs is 2. The molecule has 156 valence electrons. The number of aromatic nitrogens is 1. The zero-order valence-electron chi connectivity index (χ0n) is 17.9. The number of hydrogen-bond acceptors (Lipinski definition) is 3. The molecule has 31 heavy (non-hydrogen) atoms. The third-order valence-corrected chi connectivity index (χ3v) is 9.24. The van der Waals surface area contributed by atoms with E-state index in [0.29, 0.717) is 18.3 Å². The maximum Gasteiger partial charge on any atom is 0.158 e. The maximum atomic E-state index is 12.3. The van der Waals surface area contributed by atoms with E-state index in [2.05, 4.69) is 48.3 Å². The minimum atomic E-state index is -0.381. The number of carbonyl (C=O) groups is 1. The van der Waals surface area contributed by atoms with E-state index in [4.69, 9.17) is 4.74 Å². The van der Waals surface area contributed by atoms with Crippen LogP contribution in [0, 0.1) is 11.3 Å². The fourth-order valence-electron chi connectivity index (χ4n) is 7.78. The van der Waals surface area contributed by atoms with Gasteiger partial charge in [0.05, 0.1) is 5.60 Å². The molecule has 2 bridgehead atoms. The van der Waals surface area contributed by atoms with Crippen LogP contribution in [0.4, 0.5) is 0 Å². The zero-order chi connectivity index (χ0) is 20.8. The number of hydrogen-bond donors (Lipinski definition) is 0. The largest absolute Gasteiger partial charge is 0.358 e. The van der Waals surface area contributed by atoms with E-state index in [1.807, 2.05) is 18.5 Å². The first-order valence-corrected chi connectivity index (χ1v) is 11.7. The van der Waals surface area contributed by atoms with E-state index in [1.165, 1.54) is 40.3 Å². The second-order valence-electron chi connectivity index (χ2n) is 10.6. The number of carbonyl (C=O) groups excluding carboxylic acids is 1. The molecule has 2 spiro atoms. The molecular weight excluding hydrogens is 382 g/mol. The minimum Gasteiger partial charge on any atom is -0.358 e. The first-order valence-electron chi connectivity index (χ1n) is 11.7. The smallest absolute Gasteiger partial charge is 0.158 e. The molecule has 3 heteroatoms. The van der Waals surface area contributed by atoms with Crippen molar-refractivity contribution < 1.29 is 9.53 Å². The molecule has 1 aromatic heterocycles. The lowest BCUT2D eigenvalue weighted by molar-refractivity contribution is -0.139. The van der Waals surface area contributed by atoms with Gasteiger partial charge in [0, 0.05) is 24.2 Å². The highest BCUT2D eigenvalue weighted by molar-refractivity contribution is 5.93. The molecule has 2 fully saturated rings. The number of benzene rings is 1. The average molecular weight is 410 g/mol. The van der Waals surface area contributed by atoms with Crippen LogP contribution in [0.2, 0.25) is 0 Å². The Hall–Kier alpha value is -2.52. The van der Waals surface area contributed by atoms with Crippen LogP contribution in [-0.4, -0.2) is 22.0 Å². The van der Waals surface area contributed by atoms with Crippen LogP contribution in [0.25, 0.3) is 10.8 Å². The molecule has 5 atom stereocenters. The Balaban J connectivity index is 1.32. The molecule has 7 rings (SSSR count). The molecule has 1 saturated heterocycles. The Morgan fingerprint density at radius 1 is 1.06 bits per heavy atom. The number of ketones is 1. The molecule has 3 aliphatic carbocycles. The van der Waals surface area contributed by atoms with Gasteiger partial charge in [-0.1, -0.05) is 37.3 Å². The zero-order valence-corrected chi connectivity index (χ0v) is 17.9. The van der Waals surface area contributed by atoms with Gasteiger partial charge in [-0.25, -0.2) is 0 Å². The Morgan fingerprint density at radius 3 is 2.94 bits per heavy atom. The van der Waals surface area contributed by atoms with Gasteiger partial charge in [0.15, 0.2) is 5.78 Å². The molecule has 1 saturated carbocycles. The summed E-state index contributed by atoms with van der Waals surface area (Å²) >= 11 is 0. The Morgan fingerprint density at radius 2 is 2.00 bits per heavy atom. The number of ether oxygens (including phenoxy) is 1. The van der Waals surface area contributed by atoms with Gasteiger partial charge in [-0.3, -0.25) is 9.78 Å². The van der Waals surface area contributed by atoms with E-state index in [1.54, 1.807) is 6.08 Å². The highest BCUT2D eigenvalue weighted by atomic mass is 16.5. The predicted molar refractivity (Wildman–Crippen MR) is 121 cm³/mol. The van der Waals surface area contributed by atoms with Crippen molar-refractivity contribution in [1.29, 1.82) is 0 Å². The molecule has 0 N–H and O–H groups in total. The van der Waals surface area contributed by atoms with Gasteiger partial charge in [-0.15, -0.1) is 0 Å². The van der Waals surface area contributed by atoms with Crippen molar-refractivity contribution in [2.75, 3.05) is 0 Å². The van der Waals surface area contributed by atoms with Crippen LogP contribution < -0.4 is 0 Å². The van der Waals surface area contributed by atoms with Gasteiger partial charge in [0.1, 0.15) is 5.60 Å². The lowest BCUT2D eigenvalue weighted by Crippen LogP contribution is -2.53. The number of pyridine rings is 1. The van der Waals surface area contributed by atoms with Crippen LogP contribution in [-0.2, 0) is 9.53 Å². The van der Waals surface area contributed by atoms with E-state index < -0.39 is 0 Å². The molecule has 2 aliphatic heterocycles. The summed E-state index contributed by atoms with van der Waals surface area (Å²) in [6.07, 6.45) is 18.4. The Labute approximate surface area is 182 Å². The summed E-state index contributed by atoms with van der Waals surface area (Å²) in [4.78, 5) is 16.6. The Kier molecular flexibility index (Phi) is 3.40. The molecule has 2 unspecified atom stereocenters. The standard InChI is InChI=1S/C28H27NO2/c1-26-10-8-22-15-21-4-5-23(30)16-27(21)11-12-28(22,31-27)25(26)7-6-24(26)19-3-2-18-9-13-29-17-20(18)14-19/h2-5,8-9,13-15,17,24-25H,6-7,10-12,16H2,1H3/t24?,25-,26-,27-,28?/m1/s1. The van der Waals surface area contributed by atoms with Gasteiger partial charge in [-0.05, 0) is 89.7 Å². The predicted octanol–water partition coefficient (Wildman–Crippen LogP) is 5.82. The first kappa shape index (κ1) is 18.1. The highest BCUT2D eigenvalue weighted by Crippen LogP contribution is 2.68. The second kappa shape index (κ2) is 5.83. The van der Waals surface area contributed by atoms with Crippen LogP contribution in [0.3, 0.4) is 0 Å². The molecule has 2 aromatic rings. The van der Waals surface area contributed by atoms with Crippen LogP contribution in [0.5, 0.6) is 0 Å². The topological polar surface area (TPSA) is 39.2 Å². The number of rotatable bonds is 1. The van der Waals surface area contributed by atoms with Crippen molar-refractivity contribution >= 4 is 16.6 Å². The van der Waals surface area contributed by atoms with Gasteiger partial charge in [0.25, 0.3) is 0 Å². The molecule has 0 amide bonds. The summed E-state index contributed by atoms with van der Waals surface area (Å²) in [5.41, 5.74) is 3.61. The van der Waals surface area contributed by atoms with Crippen molar-refractivity contribution in [3.63, 3.8) is 0 Å². The van der Waals surface area contributed by atoms with Gasteiger partial charge in [0.2, 0.25) is 0 Å². The summed E-state index contributed by atoms with van der Waals surface area (Å²) < 4.78 is 7.07. The van der Waals surface area contributed by atoms with E-state index in [-0.39, 0.29) is 22.4 Å². The SMILES string of the molecule is C[C@]12CC=C3C=C4C=CC(=O)C[C@]45CCC3(O5)[C@@H]1CCC2c1ccc2ccncc2c1. The van der Waals surface area contributed by atoms with Gasteiger partial charge < -0.3 is 4.74 Å². The van der Waals surface area contributed by atoms with E-state index in [0.717, 1.165) is 19.3 Å². The first-order chi connectivity index (χ1) is 15.0. The summed E-state index contributed by atoms with van der Waals surface area (Å²) in [5, 5.41) is 2.48. The molecule has 0 radical (unpaired) electrons. The van der Waals surface area contributed by atoms with Crippen LogP contribution >= 0.6 is 0 Å². The van der Waals surface area contributed by atoms with Crippen molar-refractivity contribution in [2.24, 2.45) is 11.3 Å². The fraction of sp³-hybridized carbons (Fsp3) is 0.429. The number of nitrogens with zero attached hydrogens (tertiary/aromatic N) is 1. The normalized spacial score (nSPS) is 40.2. The third kappa shape index (κ3) is 2.23. The highest BCUT2D eigenvalue weighted by Gasteiger charge is 2.66.